The Morgan fingerprint density at radius 1 is 1.57 bits per heavy atom. The first-order valence-corrected chi connectivity index (χ1v) is 7.88. The number of hydrogen-bond donors (Lipinski definition) is 3. The number of amides is 1. The van der Waals surface area contributed by atoms with E-state index in [1.807, 2.05) is 13.8 Å². The van der Waals surface area contributed by atoms with Crippen LogP contribution in [0.5, 0.6) is 0 Å². The van der Waals surface area contributed by atoms with Gasteiger partial charge in [-0.3, -0.25) is 4.79 Å². The predicted molar refractivity (Wildman–Crippen MR) is 89.6 cm³/mol. The van der Waals surface area contributed by atoms with Crippen LogP contribution in [0.3, 0.4) is 0 Å². The molecule has 2 atom stereocenters. The zero-order chi connectivity index (χ0) is 14.7. The second-order valence-corrected chi connectivity index (χ2v) is 5.99. The van der Waals surface area contributed by atoms with E-state index in [1.54, 1.807) is 0 Å². The van der Waals surface area contributed by atoms with E-state index < -0.39 is 0 Å². The fraction of sp³-hybridized carbons (Fsp3) is 0.615. The lowest BCUT2D eigenvalue weighted by atomic mass is 10.0. The van der Waals surface area contributed by atoms with Gasteiger partial charge in [-0.05, 0) is 42.7 Å². The standard InChI is InChI=1S/C13H19BrClN3O2.ClH/c1-3-20-9-6-16-5-4-8(9)18-13(19)12-10(14)11(15)7(2)17-12;/h8-9,16-17H,3-6H2,1-2H3,(H,18,19);1H/t8-,9-;/m1./s1. The number of aromatic nitrogens is 1. The van der Waals surface area contributed by atoms with Gasteiger partial charge in [0, 0.05) is 18.8 Å². The number of rotatable bonds is 4. The first-order chi connectivity index (χ1) is 9.54. The summed E-state index contributed by atoms with van der Waals surface area (Å²) in [5.41, 5.74) is 1.23. The number of aryl methyl sites for hydroxylation is 1. The molecule has 1 saturated heterocycles. The Morgan fingerprint density at radius 2 is 2.29 bits per heavy atom. The third-order valence-corrected chi connectivity index (χ3v) is 4.90. The maximum absolute atomic E-state index is 12.3. The molecule has 1 amide bonds. The van der Waals surface area contributed by atoms with Crippen molar-refractivity contribution in [1.29, 1.82) is 0 Å². The van der Waals surface area contributed by atoms with Crippen molar-refractivity contribution in [1.82, 2.24) is 15.6 Å². The Morgan fingerprint density at radius 3 is 2.86 bits per heavy atom. The number of halogens is 3. The Balaban J connectivity index is 0.00000220. The molecule has 0 unspecified atom stereocenters. The molecule has 1 aliphatic heterocycles. The van der Waals surface area contributed by atoms with Crippen LogP contribution < -0.4 is 10.6 Å². The van der Waals surface area contributed by atoms with Gasteiger partial charge in [0.15, 0.2) is 0 Å². The number of ether oxygens (including phenoxy) is 1. The highest BCUT2D eigenvalue weighted by molar-refractivity contribution is 9.10. The van der Waals surface area contributed by atoms with Crippen LogP contribution in [-0.4, -0.2) is 42.7 Å². The van der Waals surface area contributed by atoms with Gasteiger partial charge in [-0.25, -0.2) is 0 Å². The highest BCUT2D eigenvalue weighted by atomic mass is 79.9. The summed E-state index contributed by atoms with van der Waals surface area (Å²) in [6.07, 6.45) is 0.851. The molecule has 0 radical (unpaired) electrons. The smallest absolute Gasteiger partial charge is 0.269 e. The molecule has 2 heterocycles. The molecule has 2 rings (SSSR count). The van der Waals surface area contributed by atoms with Crippen LogP contribution in [0.4, 0.5) is 0 Å². The fourth-order valence-electron chi connectivity index (χ4n) is 2.35. The van der Waals surface area contributed by atoms with Crippen LogP contribution in [0.1, 0.15) is 29.5 Å². The molecular weight excluding hydrogens is 381 g/mol. The van der Waals surface area contributed by atoms with Crippen molar-refractivity contribution in [2.75, 3.05) is 19.7 Å². The molecule has 1 aliphatic rings. The normalized spacial score (nSPS) is 21.7. The molecule has 5 nitrogen and oxygen atoms in total. The molecular formula is C13H20BrCl2N3O2. The average molecular weight is 401 g/mol. The Hall–Kier alpha value is -0.270. The SMILES string of the molecule is CCO[C@@H]1CNCC[C@H]1NC(=O)c1[nH]c(C)c(Cl)c1Br.Cl. The maximum atomic E-state index is 12.3. The highest BCUT2D eigenvalue weighted by Crippen LogP contribution is 2.29. The molecule has 1 aromatic rings. The van der Waals surface area contributed by atoms with E-state index in [2.05, 4.69) is 31.5 Å². The molecule has 1 fully saturated rings. The average Bonchev–Trinajstić information content (AvgIpc) is 2.69. The monoisotopic (exact) mass is 399 g/mol. The number of carbonyl (C=O) groups excluding carboxylic acids is 1. The van der Waals surface area contributed by atoms with Crippen molar-refractivity contribution in [2.24, 2.45) is 0 Å². The van der Waals surface area contributed by atoms with Crippen LogP contribution in [-0.2, 0) is 4.74 Å². The minimum atomic E-state index is -0.163. The fourth-order valence-corrected chi connectivity index (χ4v) is 3.07. The molecule has 21 heavy (non-hydrogen) atoms. The van der Waals surface area contributed by atoms with Crippen molar-refractivity contribution >= 4 is 45.8 Å². The van der Waals surface area contributed by atoms with E-state index >= 15 is 0 Å². The summed E-state index contributed by atoms with van der Waals surface area (Å²) in [4.78, 5) is 15.3. The predicted octanol–water partition coefficient (Wildman–Crippen LogP) is 2.66. The van der Waals surface area contributed by atoms with E-state index in [4.69, 9.17) is 16.3 Å². The number of aromatic amines is 1. The van der Waals surface area contributed by atoms with Gasteiger partial charge in [0.25, 0.3) is 5.91 Å². The second kappa shape index (κ2) is 8.39. The van der Waals surface area contributed by atoms with Crippen LogP contribution in [0, 0.1) is 6.92 Å². The highest BCUT2D eigenvalue weighted by Gasteiger charge is 2.28. The van der Waals surface area contributed by atoms with E-state index in [0.29, 0.717) is 21.8 Å². The summed E-state index contributed by atoms with van der Waals surface area (Å²) in [5, 5.41) is 6.84. The zero-order valence-corrected chi connectivity index (χ0v) is 15.1. The summed E-state index contributed by atoms with van der Waals surface area (Å²) in [5.74, 6) is -0.163. The van der Waals surface area contributed by atoms with Crippen LogP contribution >= 0.6 is 39.9 Å². The summed E-state index contributed by atoms with van der Waals surface area (Å²) < 4.78 is 6.27. The molecule has 0 aromatic carbocycles. The van der Waals surface area contributed by atoms with Gasteiger partial charge < -0.3 is 20.4 Å². The summed E-state index contributed by atoms with van der Waals surface area (Å²) >= 11 is 9.42. The lowest BCUT2D eigenvalue weighted by Gasteiger charge is -2.32. The number of hydrogen-bond acceptors (Lipinski definition) is 3. The van der Waals surface area contributed by atoms with Gasteiger partial charge in [0.2, 0.25) is 0 Å². The number of H-pyrrole nitrogens is 1. The molecule has 120 valence electrons. The maximum Gasteiger partial charge on any atom is 0.269 e. The molecule has 1 aromatic heterocycles. The molecule has 8 heteroatoms. The molecule has 0 saturated carbocycles. The van der Waals surface area contributed by atoms with Crippen LogP contribution in [0.15, 0.2) is 4.47 Å². The first kappa shape index (κ1) is 18.8. The summed E-state index contributed by atoms with van der Waals surface area (Å²) in [6, 6.07) is 0.0120. The Kier molecular flexibility index (Phi) is 7.50. The van der Waals surface area contributed by atoms with Crippen molar-refractivity contribution in [3.05, 3.63) is 20.9 Å². The van der Waals surface area contributed by atoms with Gasteiger partial charge in [0.1, 0.15) is 5.69 Å². The van der Waals surface area contributed by atoms with Gasteiger partial charge in [0.05, 0.1) is 21.6 Å². The van der Waals surface area contributed by atoms with Gasteiger partial charge in [-0.2, -0.15) is 0 Å². The van der Waals surface area contributed by atoms with Gasteiger partial charge in [-0.1, -0.05) is 11.6 Å². The van der Waals surface area contributed by atoms with Gasteiger partial charge >= 0.3 is 0 Å². The van der Waals surface area contributed by atoms with Crippen LogP contribution in [0.2, 0.25) is 5.02 Å². The van der Waals surface area contributed by atoms with E-state index in [-0.39, 0.29) is 30.5 Å². The van der Waals surface area contributed by atoms with Crippen molar-refractivity contribution in [3.63, 3.8) is 0 Å². The van der Waals surface area contributed by atoms with Crippen molar-refractivity contribution in [2.45, 2.75) is 32.4 Å². The number of piperidine rings is 1. The van der Waals surface area contributed by atoms with E-state index in [0.717, 1.165) is 25.2 Å². The summed E-state index contributed by atoms with van der Waals surface area (Å²) in [7, 11) is 0. The number of carbonyl (C=O) groups is 1. The van der Waals surface area contributed by atoms with Crippen molar-refractivity contribution < 1.29 is 9.53 Å². The zero-order valence-electron chi connectivity index (χ0n) is 12.0. The minimum Gasteiger partial charge on any atom is -0.375 e. The van der Waals surface area contributed by atoms with Crippen LogP contribution in [0.25, 0.3) is 0 Å². The second-order valence-electron chi connectivity index (χ2n) is 4.82. The lowest BCUT2D eigenvalue weighted by Crippen LogP contribution is -2.53. The molecule has 3 N–H and O–H groups in total. The Labute approximate surface area is 144 Å². The summed E-state index contributed by atoms with van der Waals surface area (Å²) in [6.45, 7) is 6.05. The topological polar surface area (TPSA) is 66.2 Å². The minimum absolute atomic E-state index is 0. The third-order valence-electron chi connectivity index (χ3n) is 3.40. The van der Waals surface area contributed by atoms with E-state index in [1.165, 1.54) is 0 Å². The van der Waals surface area contributed by atoms with Gasteiger partial charge in [-0.15, -0.1) is 12.4 Å². The lowest BCUT2D eigenvalue weighted by molar-refractivity contribution is 0.0208. The molecule has 0 spiro atoms. The third kappa shape index (κ3) is 4.36. The van der Waals surface area contributed by atoms with Crippen molar-refractivity contribution in [3.8, 4) is 0 Å². The Bertz CT molecular complexity index is 494. The largest absolute Gasteiger partial charge is 0.375 e. The number of nitrogens with one attached hydrogen (secondary N) is 3. The molecule has 0 aliphatic carbocycles. The molecule has 0 bridgehead atoms. The first-order valence-electron chi connectivity index (χ1n) is 6.71. The quantitative estimate of drug-likeness (QED) is 0.727. The van der Waals surface area contributed by atoms with E-state index in [9.17, 15) is 4.79 Å².